The average molecular weight is 365 g/mol. The highest BCUT2D eigenvalue weighted by Crippen LogP contribution is 2.34. The van der Waals surface area contributed by atoms with Crippen molar-refractivity contribution in [3.63, 3.8) is 0 Å². The van der Waals surface area contributed by atoms with Crippen molar-refractivity contribution in [2.45, 2.75) is 20.0 Å². The molecule has 3 rings (SSSR count). The zero-order chi connectivity index (χ0) is 18.9. The van der Waals surface area contributed by atoms with Crippen LogP contribution >= 0.6 is 0 Å². The monoisotopic (exact) mass is 365 g/mol. The van der Waals surface area contributed by atoms with Crippen molar-refractivity contribution in [2.24, 2.45) is 0 Å². The minimum atomic E-state index is -4.57. The number of nitrogens with one attached hydrogen (secondary N) is 1. The van der Waals surface area contributed by atoms with Crippen LogP contribution in [0.4, 0.5) is 18.9 Å². The number of carbonyl (C=O) groups excluding carboxylic acids is 1. The van der Waals surface area contributed by atoms with Crippen LogP contribution in [0.5, 0.6) is 5.88 Å². The van der Waals surface area contributed by atoms with E-state index < -0.39 is 24.3 Å². The van der Waals surface area contributed by atoms with E-state index >= 15 is 0 Å². The first-order valence-corrected chi connectivity index (χ1v) is 7.57. The standard InChI is InChI=1S/C17H14F3N3O3/c1-9-10(2)26-16-14(9)15(21-8-22-16)25-7-13(24)23-12-6-4-3-5-11(12)17(18,19)20/h3-6,8H,7H2,1-2H3,(H,23,24). The molecule has 1 amide bonds. The number of ether oxygens (including phenoxy) is 1. The van der Waals surface area contributed by atoms with E-state index in [1.165, 1.54) is 24.5 Å². The van der Waals surface area contributed by atoms with Crippen LogP contribution in [0.25, 0.3) is 11.1 Å². The molecule has 0 bridgehead atoms. The van der Waals surface area contributed by atoms with Gasteiger partial charge in [-0.3, -0.25) is 4.79 Å². The highest BCUT2D eigenvalue weighted by atomic mass is 19.4. The van der Waals surface area contributed by atoms with Gasteiger partial charge in [-0.05, 0) is 26.0 Å². The summed E-state index contributed by atoms with van der Waals surface area (Å²) in [5.41, 5.74) is -0.192. The van der Waals surface area contributed by atoms with Crippen LogP contribution in [0.2, 0.25) is 0 Å². The number of anilines is 1. The van der Waals surface area contributed by atoms with E-state index in [1.54, 1.807) is 13.8 Å². The first-order chi connectivity index (χ1) is 12.3. The third kappa shape index (κ3) is 3.46. The number of carbonyl (C=O) groups is 1. The maximum atomic E-state index is 13.0. The molecule has 0 aliphatic heterocycles. The lowest BCUT2D eigenvalue weighted by Crippen LogP contribution is -2.22. The van der Waals surface area contributed by atoms with Gasteiger partial charge in [-0.25, -0.2) is 9.97 Å². The summed E-state index contributed by atoms with van der Waals surface area (Å²) in [5, 5.41) is 2.73. The van der Waals surface area contributed by atoms with Gasteiger partial charge < -0.3 is 14.5 Å². The van der Waals surface area contributed by atoms with Crippen molar-refractivity contribution in [1.29, 1.82) is 0 Å². The lowest BCUT2D eigenvalue weighted by Gasteiger charge is -2.13. The first kappa shape index (κ1) is 17.7. The SMILES string of the molecule is Cc1oc2ncnc(OCC(=O)Nc3ccccc3C(F)(F)F)c2c1C. The maximum Gasteiger partial charge on any atom is 0.418 e. The first-order valence-electron chi connectivity index (χ1n) is 7.57. The Labute approximate surface area is 146 Å². The number of nitrogens with zero attached hydrogens (tertiary/aromatic N) is 2. The van der Waals surface area contributed by atoms with Crippen LogP contribution in [-0.4, -0.2) is 22.5 Å². The Hall–Kier alpha value is -3.10. The fourth-order valence-corrected chi connectivity index (χ4v) is 2.42. The van der Waals surface area contributed by atoms with Gasteiger partial charge in [0.25, 0.3) is 5.91 Å². The summed E-state index contributed by atoms with van der Waals surface area (Å²) in [6, 6.07) is 4.71. The zero-order valence-electron chi connectivity index (χ0n) is 13.8. The molecule has 2 aromatic heterocycles. The van der Waals surface area contributed by atoms with Crippen molar-refractivity contribution in [1.82, 2.24) is 9.97 Å². The number of para-hydroxylation sites is 1. The molecule has 0 aliphatic rings. The molecule has 0 radical (unpaired) electrons. The fraction of sp³-hybridized carbons (Fsp3) is 0.235. The number of aromatic nitrogens is 2. The minimum absolute atomic E-state index is 0.128. The molecule has 136 valence electrons. The van der Waals surface area contributed by atoms with Gasteiger partial charge in [-0.15, -0.1) is 0 Å². The number of hydrogen-bond acceptors (Lipinski definition) is 5. The Balaban J connectivity index is 1.75. The molecule has 1 N–H and O–H groups in total. The zero-order valence-corrected chi connectivity index (χ0v) is 13.8. The Morgan fingerprint density at radius 2 is 1.96 bits per heavy atom. The Kier molecular flexibility index (Phi) is 4.54. The fourth-order valence-electron chi connectivity index (χ4n) is 2.42. The van der Waals surface area contributed by atoms with E-state index in [0.29, 0.717) is 16.9 Å². The van der Waals surface area contributed by atoms with Crippen molar-refractivity contribution in [3.8, 4) is 5.88 Å². The molecule has 0 aliphatic carbocycles. The normalized spacial score (nSPS) is 11.6. The van der Waals surface area contributed by atoms with Crippen LogP contribution in [0, 0.1) is 13.8 Å². The molecule has 2 heterocycles. The molecule has 0 saturated heterocycles. The number of alkyl halides is 3. The van der Waals surface area contributed by atoms with Crippen LogP contribution in [-0.2, 0) is 11.0 Å². The van der Waals surface area contributed by atoms with E-state index in [-0.39, 0.29) is 11.6 Å². The highest BCUT2D eigenvalue weighted by Gasteiger charge is 2.33. The molecule has 26 heavy (non-hydrogen) atoms. The molecule has 6 nitrogen and oxygen atoms in total. The van der Waals surface area contributed by atoms with E-state index in [0.717, 1.165) is 11.6 Å². The second-order valence-corrected chi connectivity index (χ2v) is 5.52. The van der Waals surface area contributed by atoms with Gasteiger partial charge in [0.05, 0.1) is 11.3 Å². The number of furan rings is 1. The van der Waals surface area contributed by atoms with Gasteiger partial charge in [0.2, 0.25) is 11.6 Å². The molecule has 0 fully saturated rings. The molecule has 0 saturated carbocycles. The second-order valence-electron chi connectivity index (χ2n) is 5.52. The number of halogens is 3. The van der Waals surface area contributed by atoms with Crippen molar-refractivity contribution >= 4 is 22.7 Å². The number of hydrogen-bond donors (Lipinski definition) is 1. The van der Waals surface area contributed by atoms with Gasteiger partial charge in [-0.1, -0.05) is 12.1 Å². The summed E-state index contributed by atoms with van der Waals surface area (Å²) in [4.78, 5) is 20.0. The number of aryl methyl sites for hydroxylation is 2. The second kappa shape index (κ2) is 6.66. The predicted octanol–water partition coefficient (Wildman–Crippen LogP) is 3.88. The minimum Gasteiger partial charge on any atom is -0.467 e. The smallest absolute Gasteiger partial charge is 0.418 e. The number of amides is 1. The van der Waals surface area contributed by atoms with Crippen molar-refractivity contribution in [2.75, 3.05) is 11.9 Å². The van der Waals surface area contributed by atoms with Crippen LogP contribution in [0.3, 0.4) is 0 Å². The summed E-state index contributed by atoms with van der Waals surface area (Å²) in [6.07, 6.45) is -3.36. The molecular formula is C17H14F3N3O3. The summed E-state index contributed by atoms with van der Waals surface area (Å²) in [6.45, 7) is 3.03. The van der Waals surface area contributed by atoms with Crippen LogP contribution in [0.15, 0.2) is 35.0 Å². The molecule has 0 spiro atoms. The summed E-state index contributed by atoms with van der Waals surface area (Å²) in [7, 11) is 0. The Bertz CT molecular complexity index is 967. The third-order valence-electron chi connectivity index (χ3n) is 3.78. The summed E-state index contributed by atoms with van der Waals surface area (Å²) in [5.74, 6) is 0.0174. The van der Waals surface area contributed by atoms with E-state index in [2.05, 4.69) is 15.3 Å². The molecule has 0 unspecified atom stereocenters. The van der Waals surface area contributed by atoms with Crippen molar-refractivity contribution < 1.29 is 27.1 Å². The van der Waals surface area contributed by atoms with Gasteiger partial charge in [0, 0.05) is 5.56 Å². The number of rotatable bonds is 4. The largest absolute Gasteiger partial charge is 0.467 e. The Morgan fingerprint density at radius 1 is 1.23 bits per heavy atom. The van der Waals surface area contributed by atoms with Gasteiger partial charge in [0.15, 0.2) is 6.61 Å². The van der Waals surface area contributed by atoms with Gasteiger partial charge in [0.1, 0.15) is 17.5 Å². The summed E-state index contributed by atoms with van der Waals surface area (Å²) >= 11 is 0. The van der Waals surface area contributed by atoms with Crippen LogP contribution < -0.4 is 10.1 Å². The third-order valence-corrected chi connectivity index (χ3v) is 3.78. The summed E-state index contributed by atoms with van der Waals surface area (Å²) < 4.78 is 49.7. The van der Waals surface area contributed by atoms with Gasteiger partial charge >= 0.3 is 6.18 Å². The maximum absolute atomic E-state index is 13.0. The van der Waals surface area contributed by atoms with Crippen molar-refractivity contribution in [3.05, 3.63) is 47.5 Å². The van der Waals surface area contributed by atoms with Gasteiger partial charge in [-0.2, -0.15) is 13.2 Å². The number of fused-ring (bicyclic) bond motifs is 1. The van der Waals surface area contributed by atoms with E-state index in [4.69, 9.17) is 9.15 Å². The van der Waals surface area contributed by atoms with Crippen LogP contribution in [0.1, 0.15) is 16.9 Å². The van der Waals surface area contributed by atoms with E-state index in [1.807, 2.05) is 0 Å². The lowest BCUT2D eigenvalue weighted by molar-refractivity contribution is -0.137. The molecule has 9 heteroatoms. The molecule has 0 atom stereocenters. The molecule has 3 aromatic rings. The topological polar surface area (TPSA) is 77.2 Å². The highest BCUT2D eigenvalue weighted by molar-refractivity contribution is 5.93. The number of benzene rings is 1. The quantitative estimate of drug-likeness (QED) is 0.759. The van der Waals surface area contributed by atoms with E-state index in [9.17, 15) is 18.0 Å². The predicted molar refractivity (Wildman–Crippen MR) is 86.8 cm³/mol. The Morgan fingerprint density at radius 3 is 2.69 bits per heavy atom. The average Bonchev–Trinajstić information content (AvgIpc) is 2.87. The molecule has 1 aromatic carbocycles. The lowest BCUT2D eigenvalue weighted by atomic mass is 10.1. The molecular weight excluding hydrogens is 351 g/mol.